The summed E-state index contributed by atoms with van der Waals surface area (Å²) in [4.78, 5) is 34.2. The second kappa shape index (κ2) is 7.44. The van der Waals surface area contributed by atoms with E-state index in [1.165, 1.54) is 7.05 Å². The summed E-state index contributed by atoms with van der Waals surface area (Å²) >= 11 is 0. The number of amides is 4. The third-order valence-corrected chi connectivity index (χ3v) is 2.76. The van der Waals surface area contributed by atoms with E-state index in [1.807, 2.05) is 20.8 Å². The summed E-state index contributed by atoms with van der Waals surface area (Å²) in [6, 6.07) is 6.41. The average Bonchev–Trinajstić information content (AvgIpc) is 2.45. The number of rotatable bonds is 4. The molecule has 7 nitrogen and oxygen atoms in total. The van der Waals surface area contributed by atoms with Crippen LogP contribution in [0, 0.1) is 5.41 Å². The number of carbonyl (C=O) groups is 3. The molecule has 0 bridgehead atoms. The Morgan fingerprint density at radius 2 is 1.55 bits per heavy atom. The van der Waals surface area contributed by atoms with Gasteiger partial charge >= 0.3 is 6.03 Å². The van der Waals surface area contributed by atoms with Crippen molar-refractivity contribution in [2.45, 2.75) is 20.8 Å². The Labute approximate surface area is 129 Å². The van der Waals surface area contributed by atoms with Crippen LogP contribution in [0.4, 0.5) is 16.2 Å². The molecule has 0 atom stereocenters. The largest absolute Gasteiger partial charge is 0.376 e. The molecule has 0 saturated carbocycles. The molecule has 0 spiro atoms. The summed E-state index contributed by atoms with van der Waals surface area (Å²) in [6.45, 7) is 5.48. The van der Waals surface area contributed by atoms with Crippen LogP contribution in [-0.4, -0.2) is 31.4 Å². The molecule has 0 aliphatic heterocycles. The Morgan fingerprint density at radius 1 is 1.00 bits per heavy atom. The minimum Gasteiger partial charge on any atom is -0.376 e. The van der Waals surface area contributed by atoms with Crippen LogP contribution in [0.15, 0.2) is 24.3 Å². The van der Waals surface area contributed by atoms with Gasteiger partial charge in [0.1, 0.15) is 0 Å². The Kier molecular flexibility index (Phi) is 5.91. The maximum Gasteiger partial charge on any atom is 0.321 e. The molecule has 0 radical (unpaired) electrons. The normalized spacial score (nSPS) is 10.5. The average molecular weight is 306 g/mol. The number of imide groups is 1. The summed E-state index contributed by atoms with van der Waals surface area (Å²) < 4.78 is 0. The third kappa shape index (κ3) is 5.82. The molecular formula is C15H22N4O3. The van der Waals surface area contributed by atoms with Crippen LogP contribution in [0.3, 0.4) is 0 Å². The highest BCUT2D eigenvalue weighted by molar-refractivity contribution is 5.96. The molecule has 0 heterocycles. The highest BCUT2D eigenvalue weighted by atomic mass is 16.2. The van der Waals surface area contributed by atoms with E-state index in [0.29, 0.717) is 11.4 Å². The predicted molar refractivity (Wildman–Crippen MR) is 85.6 cm³/mol. The molecule has 7 heteroatoms. The Balaban J connectivity index is 2.50. The monoisotopic (exact) mass is 306 g/mol. The van der Waals surface area contributed by atoms with Gasteiger partial charge in [0.25, 0.3) is 0 Å². The van der Waals surface area contributed by atoms with Gasteiger partial charge in [0.2, 0.25) is 11.8 Å². The highest BCUT2D eigenvalue weighted by Gasteiger charge is 2.20. The molecule has 0 aliphatic rings. The maximum absolute atomic E-state index is 11.8. The lowest BCUT2D eigenvalue weighted by molar-refractivity contribution is -0.123. The zero-order valence-electron chi connectivity index (χ0n) is 13.2. The van der Waals surface area contributed by atoms with Crippen molar-refractivity contribution in [3.8, 4) is 0 Å². The first-order valence-corrected chi connectivity index (χ1v) is 6.89. The fraction of sp³-hybridized carbons (Fsp3) is 0.400. The van der Waals surface area contributed by atoms with Crippen LogP contribution in [0.1, 0.15) is 20.8 Å². The van der Waals surface area contributed by atoms with Crippen molar-refractivity contribution in [1.29, 1.82) is 0 Å². The number of benzene rings is 1. The lowest BCUT2D eigenvalue weighted by Crippen LogP contribution is -2.40. The smallest absolute Gasteiger partial charge is 0.321 e. The van der Waals surface area contributed by atoms with E-state index in [-0.39, 0.29) is 12.5 Å². The molecule has 1 rings (SSSR count). The zero-order chi connectivity index (χ0) is 16.8. The van der Waals surface area contributed by atoms with Crippen LogP contribution >= 0.6 is 0 Å². The molecule has 0 aliphatic carbocycles. The Hall–Kier alpha value is -2.57. The Bertz CT molecular complexity index is 547. The van der Waals surface area contributed by atoms with Crippen molar-refractivity contribution in [2.75, 3.05) is 24.2 Å². The van der Waals surface area contributed by atoms with Crippen LogP contribution in [0.2, 0.25) is 0 Å². The van der Waals surface area contributed by atoms with E-state index in [4.69, 9.17) is 0 Å². The first kappa shape index (κ1) is 17.5. The fourth-order valence-corrected chi connectivity index (χ4v) is 1.41. The molecule has 0 unspecified atom stereocenters. The first-order valence-electron chi connectivity index (χ1n) is 6.89. The van der Waals surface area contributed by atoms with Crippen LogP contribution in [0.25, 0.3) is 0 Å². The summed E-state index contributed by atoms with van der Waals surface area (Å²) in [5.74, 6) is -0.511. The molecule has 4 amide bonds. The van der Waals surface area contributed by atoms with Gasteiger partial charge in [0, 0.05) is 23.8 Å². The van der Waals surface area contributed by atoms with Crippen molar-refractivity contribution >= 4 is 29.2 Å². The summed E-state index contributed by atoms with van der Waals surface area (Å²) in [6.07, 6.45) is 0. The van der Waals surface area contributed by atoms with Gasteiger partial charge in [-0.25, -0.2) is 4.79 Å². The van der Waals surface area contributed by atoms with Crippen molar-refractivity contribution in [2.24, 2.45) is 5.41 Å². The topological polar surface area (TPSA) is 99.3 Å². The van der Waals surface area contributed by atoms with Gasteiger partial charge in [-0.15, -0.1) is 0 Å². The van der Waals surface area contributed by atoms with Crippen molar-refractivity contribution in [1.82, 2.24) is 10.6 Å². The van der Waals surface area contributed by atoms with Gasteiger partial charge < -0.3 is 16.0 Å². The second-order valence-electron chi connectivity index (χ2n) is 5.76. The zero-order valence-corrected chi connectivity index (χ0v) is 13.2. The standard InChI is InChI=1S/C15H22N4O3/c1-15(2,3)13(21)18-11-7-5-10(6-8-11)17-9-12(20)19-14(22)16-4/h5-8,17H,9H2,1-4H3,(H,18,21)(H2,16,19,20,22). The summed E-state index contributed by atoms with van der Waals surface area (Å²) in [5, 5.41) is 10.1. The molecular weight excluding hydrogens is 284 g/mol. The van der Waals surface area contributed by atoms with Gasteiger partial charge in [-0.2, -0.15) is 0 Å². The van der Waals surface area contributed by atoms with E-state index in [0.717, 1.165) is 0 Å². The minimum absolute atomic E-state index is 0.0267. The lowest BCUT2D eigenvalue weighted by atomic mass is 9.95. The van der Waals surface area contributed by atoms with E-state index in [2.05, 4.69) is 21.3 Å². The minimum atomic E-state index is -0.549. The van der Waals surface area contributed by atoms with Crippen LogP contribution in [0.5, 0.6) is 0 Å². The highest BCUT2D eigenvalue weighted by Crippen LogP contribution is 2.18. The SMILES string of the molecule is CNC(=O)NC(=O)CNc1ccc(NC(=O)C(C)(C)C)cc1. The molecule has 0 saturated heterocycles. The van der Waals surface area contributed by atoms with Crippen molar-refractivity contribution < 1.29 is 14.4 Å². The quantitative estimate of drug-likeness (QED) is 0.678. The lowest BCUT2D eigenvalue weighted by Gasteiger charge is -2.17. The van der Waals surface area contributed by atoms with Gasteiger partial charge in [0.15, 0.2) is 0 Å². The van der Waals surface area contributed by atoms with E-state index >= 15 is 0 Å². The number of urea groups is 1. The molecule has 1 aromatic rings. The van der Waals surface area contributed by atoms with Crippen LogP contribution < -0.4 is 21.3 Å². The van der Waals surface area contributed by atoms with Gasteiger partial charge in [-0.3, -0.25) is 14.9 Å². The maximum atomic E-state index is 11.8. The molecule has 0 fully saturated rings. The molecule has 0 aromatic heterocycles. The predicted octanol–water partition coefficient (Wildman–Crippen LogP) is 1.54. The molecule has 22 heavy (non-hydrogen) atoms. The van der Waals surface area contributed by atoms with Gasteiger partial charge in [-0.1, -0.05) is 20.8 Å². The van der Waals surface area contributed by atoms with Crippen molar-refractivity contribution in [3.63, 3.8) is 0 Å². The third-order valence-electron chi connectivity index (χ3n) is 2.76. The van der Waals surface area contributed by atoms with E-state index < -0.39 is 17.4 Å². The molecule has 4 N–H and O–H groups in total. The molecule has 120 valence electrons. The van der Waals surface area contributed by atoms with Gasteiger partial charge in [0.05, 0.1) is 6.54 Å². The number of anilines is 2. The Morgan fingerprint density at radius 3 is 2.05 bits per heavy atom. The van der Waals surface area contributed by atoms with E-state index in [1.54, 1.807) is 24.3 Å². The summed E-state index contributed by atoms with van der Waals surface area (Å²) in [5.41, 5.74) is 0.926. The van der Waals surface area contributed by atoms with Crippen molar-refractivity contribution in [3.05, 3.63) is 24.3 Å². The first-order chi connectivity index (χ1) is 10.2. The summed E-state index contributed by atoms with van der Waals surface area (Å²) in [7, 11) is 1.43. The number of carbonyl (C=O) groups excluding carboxylic acids is 3. The van der Waals surface area contributed by atoms with Crippen LogP contribution in [-0.2, 0) is 9.59 Å². The number of hydrogen-bond acceptors (Lipinski definition) is 4. The fourth-order valence-electron chi connectivity index (χ4n) is 1.41. The number of nitrogens with one attached hydrogen (secondary N) is 4. The second-order valence-corrected chi connectivity index (χ2v) is 5.76. The number of hydrogen-bond donors (Lipinski definition) is 4. The molecule has 1 aromatic carbocycles. The van der Waals surface area contributed by atoms with E-state index in [9.17, 15) is 14.4 Å². The van der Waals surface area contributed by atoms with Gasteiger partial charge in [-0.05, 0) is 24.3 Å².